The Labute approximate surface area is 122 Å². The SMILES string of the molecule is N#CC1CCN(C(=O)C2=NC(=O)C3C=CC=CC3=C2)CC1. The fourth-order valence-electron chi connectivity index (χ4n) is 2.78. The van der Waals surface area contributed by atoms with Crippen molar-refractivity contribution in [3.8, 4) is 6.07 Å². The Morgan fingerprint density at radius 1 is 1.33 bits per heavy atom. The van der Waals surface area contributed by atoms with Crippen molar-refractivity contribution in [2.45, 2.75) is 12.8 Å². The van der Waals surface area contributed by atoms with E-state index >= 15 is 0 Å². The Kier molecular flexibility index (Phi) is 3.53. The highest BCUT2D eigenvalue weighted by Gasteiger charge is 2.30. The van der Waals surface area contributed by atoms with Crippen LogP contribution in [0.3, 0.4) is 0 Å². The van der Waals surface area contributed by atoms with E-state index in [1.54, 1.807) is 17.1 Å². The lowest BCUT2D eigenvalue weighted by Gasteiger charge is -2.30. The molecule has 2 amide bonds. The van der Waals surface area contributed by atoms with Gasteiger partial charge in [-0.3, -0.25) is 9.59 Å². The molecule has 0 aromatic carbocycles. The van der Waals surface area contributed by atoms with Crippen molar-refractivity contribution >= 4 is 17.5 Å². The van der Waals surface area contributed by atoms with Crippen LogP contribution in [0.25, 0.3) is 0 Å². The van der Waals surface area contributed by atoms with Crippen molar-refractivity contribution in [1.29, 1.82) is 5.26 Å². The lowest BCUT2D eigenvalue weighted by Crippen LogP contribution is -2.42. The van der Waals surface area contributed by atoms with Crippen molar-refractivity contribution in [2.24, 2.45) is 16.8 Å². The van der Waals surface area contributed by atoms with Gasteiger partial charge in [0, 0.05) is 19.0 Å². The Bertz CT molecular complexity index is 641. The van der Waals surface area contributed by atoms with E-state index in [2.05, 4.69) is 11.1 Å². The molecule has 0 bridgehead atoms. The highest BCUT2D eigenvalue weighted by Crippen LogP contribution is 2.25. The van der Waals surface area contributed by atoms with Gasteiger partial charge in [-0.05, 0) is 24.5 Å². The normalized spacial score (nSPS) is 25.0. The highest BCUT2D eigenvalue weighted by molar-refractivity contribution is 6.45. The Morgan fingerprint density at radius 2 is 2.10 bits per heavy atom. The van der Waals surface area contributed by atoms with Crippen molar-refractivity contribution < 1.29 is 9.59 Å². The molecule has 0 spiro atoms. The van der Waals surface area contributed by atoms with Gasteiger partial charge in [-0.1, -0.05) is 24.3 Å². The average molecular weight is 281 g/mol. The van der Waals surface area contributed by atoms with Crippen molar-refractivity contribution in [3.63, 3.8) is 0 Å². The third-order valence-electron chi connectivity index (χ3n) is 4.05. The maximum Gasteiger partial charge on any atom is 0.272 e. The molecule has 1 saturated heterocycles. The highest BCUT2D eigenvalue weighted by atomic mass is 16.2. The molecule has 3 rings (SSSR count). The molecule has 3 aliphatic rings. The maximum absolute atomic E-state index is 12.4. The van der Waals surface area contributed by atoms with E-state index in [0.29, 0.717) is 25.9 Å². The van der Waals surface area contributed by atoms with Gasteiger partial charge in [0.15, 0.2) is 0 Å². The minimum atomic E-state index is -0.351. The van der Waals surface area contributed by atoms with Gasteiger partial charge in [0.25, 0.3) is 11.8 Å². The van der Waals surface area contributed by atoms with Gasteiger partial charge >= 0.3 is 0 Å². The number of allylic oxidation sites excluding steroid dienone is 3. The number of rotatable bonds is 1. The summed E-state index contributed by atoms with van der Waals surface area (Å²) in [6, 6.07) is 2.24. The molecule has 0 N–H and O–H groups in total. The molecule has 5 heteroatoms. The minimum absolute atomic E-state index is 0.0260. The first-order valence-corrected chi connectivity index (χ1v) is 7.07. The number of carbonyl (C=O) groups excluding carboxylic acids is 2. The molecule has 1 unspecified atom stereocenters. The van der Waals surface area contributed by atoms with E-state index in [4.69, 9.17) is 5.26 Å². The van der Waals surface area contributed by atoms with Crippen molar-refractivity contribution in [3.05, 3.63) is 36.0 Å². The van der Waals surface area contributed by atoms with Crippen molar-refractivity contribution in [2.75, 3.05) is 13.1 Å². The summed E-state index contributed by atoms with van der Waals surface area (Å²) in [6.07, 6.45) is 10.4. The van der Waals surface area contributed by atoms with Crippen LogP contribution in [0, 0.1) is 23.2 Å². The lowest BCUT2D eigenvalue weighted by molar-refractivity contribution is -0.126. The minimum Gasteiger partial charge on any atom is -0.337 e. The van der Waals surface area contributed by atoms with Crippen LogP contribution in [-0.2, 0) is 9.59 Å². The molecule has 5 nitrogen and oxygen atoms in total. The number of amides is 2. The molecule has 106 valence electrons. The zero-order chi connectivity index (χ0) is 14.8. The molecular formula is C16H15N3O2. The zero-order valence-electron chi connectivity index (χ0n) is 11.5. The van der Waals surface area contributed by atoms with Crippen LogP contribution in [-0.4, -0.2) is 35.5 Å². The molecule has 1 fully saturated rings. The molecule has 0 aromatic heterocycles. The van der Waals surface area contributed by atoms with Crippen LogP contribution >= 0.6 is 0 Å². The molecular weight excluding hydrogens is 266 g/mol. The second kappa shape index (κ2) is 5.49. The summed E-state index contributed by atoms with van der Waals surface area (Å²) >= 11 is 0. The van der Waals surface area contributed by atoms with E-state index < -0.39 is 0 Å². The number of nitriles is 1. The fourth-order valence-corrected chi connectivity index (χ4v) is 2.78. The maximum atomic E-state index is 12.4. The molecule has 2 aliphatic heterocycles. The van der Waals surface area contributed by atoms with Gasteiger partial charge in [0.05, 0.1) is 12.0 Å². The number of fused-ring (bicyclic) bond motifs is 1. The summed E-state index contributed by atoms with van der Waals surface area (Å²) < 4.78 is 0. The van der Waals surface area contributed by atoms with Gasteiger partial charge in [-0.15, -0.1) is 0 Å². The van der Waals surface area contributed by atoms with E-state index in [0.717, 1.165) is 5.57 Å². The summed E-state index contributed by atoms with van der Waals surface area (Å²) in [7, 11) is 0. The zero-order valence-corrected chi connectivity index (χ0v) is 11.5. The number of likely N-dealkylation sites (tertiary alicyclic amines) is 1. The van der Waals surface area contributed by atoms with E-state index in [-0.39, 0.29) is 29.4 Å². The number of aliphatic imine (C=N–C) groups is 1. The quantitative estimate of drug-likeness (QED) is 0.729. The van der Waals surface area contributed by atoms with Gasteiger partial charge in [0.1, 0.15) is 5.71 Å². The van der Waals surface area contributed by atoms with Crippen LogP contribution in [0.4, 0.5) is 0 Å². The first-order valence-electron chi connectivity index (χ1n) is 7.07. The first kappa shape index (κ1) is 13.5. The van der Waals surface area contributed by atoms with Gasteiger partial charge in [0.2, 0.25) is 0 Å². The largest absolute Gasteiger partial charge is 0.337 e. The van der Waals surface area contributed by atoms with Crippen LogP contribution in [0.1, 0.15) is 12.8 Å². The Morgan fingerprint density at radius 3 is 2.81 bits per heavy atom. The average Bonchev–Trinajstić information content (AvgIpc) is 2.54. The fraction of sp³-hybridized carbons (Fsp3) is 0.375. The van der Waals surface area contributed by atoms with Gasteiger partial charge in [-0.25, -0.2) is 4.99 Å². The van der Waals surface area contributed by atoms with Crippen LogP contribution in [0.2, 0.25) is 0 Å². The molecule has 0 aromatic rings. The summed E-state index contributed by atoms with van der Waals surface area (Å²) in [5.41, 5.74) is 1.02. The molecule has 1 aliphatic carbocycles. The Balaban J connectivity index is 1.76. The predicted octanol–water partition coefficient (Wildman–Crippen LogP) is 1.40. The molecule has 0 radical (unpaired) electrons. The summed E-state index contributed by atoms with van der Waals surface area (Å²) in [4.78, 5) is 30.1. The first-order chi connectivity index (χ1) is 10.2. The van der Waals surface area contributed by atoms with E-state index in [1.807, 2.05) is 18.2 Å². The number of hydrogen-bond donors (Lipinski definition) is 0. The number of dihydropyridines is 1. The van der Waals surface area contributed by atoms with Gasteiger partial charge in [-0.2, -0.15) is 5.26 Å². The lowest BCUT2D eigenvalue weighted by atomic mass is 9.90. The van der Waals surface area contributed by atoms with E-state index in [9.17, 15) is 9.59 Å². The number of hydrogen-bond acceptors (Lipinski definition) is 3. The summed E-state index contributed by atoms with van der Waals surface area (Å²) in [5, 5.41) is 8.88. The smallest absolute Gasteiger partial charge is 0.272 e. The second-order valence-corrected chi connectivity index (χ2v) is 5.40. The third kappa shape index (κ3) is 2.57. The number of carbonyl (C=O) groups is 2. The van der Waals surface area contributed by atoms with Crippen LogP contribution in [0.15, 0.2) is 40.9 Å². The van der Waals surface area contributed by atoms with Crippen LogP contribution < -0.4 is 0 Å². The molecule has 21 heavy (non-hydrogen) atoms. The molecule has 0 saturated carbocycles. The Hall–Kier alpha value is -2.48. The van der Waals surface area contributed by atoms with E-state index in [1.165, 1.54) is 0 Å². The van der Waals surface area contributed by atoms with Crippen LogP contribution in [0.5, 0.6) is 0 Å². The third-order valence-corrected chi connectivity index (χ3v) is 4.05. The topological polar surface area (TPSA) is 73.5 Å². The predicted molar refractivity (Wildman–Crippen MR) is 77.2 cm³/mol. The molecule has 1 atom stereocenters. The molecule has 2 heterocycles. The van der Waals surface area contributed by atoms with Gasteiger partial charge < -0.3 is 4.90 Å². The number of nitrogens with zero attached hydrogens (tertiary/aromatic N) is 3. The summed E-state index contributed by atoms with van der Waals surface area (Å²) in [6.45, 7) is 1.10. The monoisotopic (exact) mass is 281 g/mol. The second-order valence-electron chi connectivity index (χ2n) is 5.40. The van der Waals surface area contributed by atoms with Crippen molar-refractivity contribution in [1.82, 2.24) is 4.90 Å². The number of piperidine rings is 1. The summed E-state index contributed by atoms with van der Waals surface area (Å²) in [5.74, 6) is -0.828. The standard InChI is InChI=1S/C16H15N3O2/c17-10-11-5-7-19(8-6-11)16(21)14-9-12-3-1-2-4-13(12)15(20)18-14/h1-4,9,11,13H,5-8H2.